The lowest BCUT2D eigenvalue weighted by Gasteiger charge is -2.33. The van der Waals surface area contributed by atoms with Crippen molar-refractivity contribution in [2.45, 2.75) is 26.5 Å². The third-order valence-corrected chi connectivity index (χ3v) is 3.95. The van der Waals surface area contributed by atoms with Gasteiger partial charge in [0.15, 0.2) is 0 Å². The van der Waals surface area contributed by atoms with Crippen LogP contribution in [-0.2, 0) is 11.3 Å². The third kappa shape index (κ3) is 6.37. The number of hydrogen-bond acceptors (Lipinski definition) is 4. The largest absolute Gasteiger partial charge is 0.497 e. The summed E-state index contributed by atoms with van der Waals surface area (Å²) in [6.07, 6.45) is 0.0595. The molecular weight excluding hydrogens is 306 g/mol. The second-order valence-corrected chi connectivity index (χ2v) is 6.56. The first-order valence-electron chi connectivity index (χ1n) is 8.55. The normalized spacial score (nSPS) is 18.4. The zero-order valence-corrected chi connectivity index (χ0v) is 14.9. The average molecular weight is 335 g/mol. The van der Waals surface area contributed by atoms with Gasteiger partial charge in [0.2, 0.25) is 0 Å². The summed E-state index contributed by atoms with van der Waals surface area (Å²) in [7, 11) is 1.64. The van der Waals surface area contributed by atoms with Crippen LogP contribution in [0.2, 0.25) is 0 Å². The molecule has 2 amide bonds. The van der Waals surface area contributed by atoms with Crippen molar-refractivity contribution in [2.24, 2.45) is 5.92 Å². The Kier molecular flexibility index (Phi) is 7.34. The molecule has 6 nitrogen and oxygen atoms in total. The SMILES string of the molecule is COc1ccc(CNC(=O)NCC2CN(CC(C)C)CCO2)cc1. The lowest BCUT2D eigenvalue weighted by molar-refractivity contribution is -0.0290. The number of nitrogens with zero attached hydrogens (tertiary/aromatic N) is 1. The molecule has 0 spiro atoms. The van der Waals surface area contributed by atoms with Crippen LogP contribution in [0.3, 0.4) is 0 Å². The summed E-state index contributed by atoms with van der Waals surface area (Å²) in [5, 5.41) is 5.75. The summed E-state index contributed by atoms with van der Waals surface area (Å²) in [6.45, 7) is 9.10. The molecule has 1 aliphatic rings. The zero-order chi connectivity index (χ0) is 17.4. The van der Waals surface area contributed by atoms with Crippen LogP contribution in [0.1, 0.15) is 19.4 Å². The van der Waals surface area contributed by atoms with Crippen LogP contribution in [-0.4, -0.2) is 56.9 Å². The second-order valence-electron chi connectivity index (χ2n) is 6.56. The molecule has 24 heavy (non-hydrogen) atoms. The second kappa shape index (κ2) is 9.49. The van der Waals surface area contributed by atoms with E-state index in [4.69, 9.17) is 9.47 Å². The predicted octanol–water partition coefficient (Wildman–Crippen LogP) is 1.85. The number of ether oxygens (including phenoxy) is 2. The van der Waals surface area contributed by atoms with E-state index in [1.165, 1.54) is 0 Å². The van der Waals surface area contributed by atoms with Gasteiger partial charge < -0.3 is 20.1 Å². The molecule has 2 N–H and O–H groups in total. The lowest BCUT2D eigenvalue weighted by atomic mass is 10.2. The molecule has 1 unspecified atom stereocenters. The molecule has 2 rings (SSSR count). The minimum atomic E-state index is -0.171. The minimum absolute atomic E-state index is 0.0595. The predicted molar refractivity (Wildman–Crippen MR) is 94.3 cm³/mol. The van der Waals surface area contributed by atoms with Gasteiger partial charge in [0.05, 0.1) is 19.8 Å². The molecule has 0 radical (unpaired) electrons. The Balaban J connectivity index is 1.66. The number of carbonyl (C=O) groups is 1. The topological polar surface area (TPSA) is 62.8 Å². The highest BCUT2D eigenvalue weighted by atomic mass is 16.5. The Labute approximate surface area is 144 Å². The fraction of sp³-hybridized carbons (Fsp3) is 0.611. The summed E-state index contributed by atoms with van der Waals surface area (Å²) in [6, 6.07) is 7.47. The molecule has 1 aromatic rings. The first kappa shape index (κ1) is 18.5. The maximum Gasteiger partial charge on any atom is 0.315 e. The van der Waals surface area contributed by atoms with E-state index in [0.29, 0.717) is 19.0 Å². The molecule has 0 aromatic heterocycles. The van der Waals surface area contributed by atoms with Gasteiger partial charge in [-0.2, -0.15) is 0 Å². The van der Waals surface area contributed by atoms with Crippen molar-refractivity contribution < 1.29 is 14.3 Å². The molecule has 0 bridgehead atoms. The van der Waals surface area contributed by atoms with Gasteiger partial charge in [-0.25, -0.2) is 4.79 Å². The van der Waals surface area contributed by atoms with Gasteiger partial charge in [-0.1, -0.05) is 26.0 Å². The molecule has 1 saturated heterocycles. The fourth-order valence-electron chi connectivity index (χ4n) is 2.78. The van der Waals surface area contributed by atoms with Crippen LogP contribution in [0.25, 0.3) is 0 Å². The number of carbonyl (C=O) groups excluding carboxylic acids is 1. The standard InChI is InChI=1S/C18H29N3O3/c1-14(2)12-21-8-9-24-17(13-21)11-20-18(22)19-10-15-4-6-16(23-3)7-5-15/h4-7,14,17H,8-13H2,1-3H3,(H2,19,20,22). The van der Waals surface area contributed by atoms with Crippen molar-refractivity contribution >= 4 is 6.03 Å². The maximum absolute atomic E-state index is 11.9. The van der Waals surface area contributed by atoms with Crippen LogP contribution in [0.4, 0.5) is 4.79 Å². The van der Waals surface area contributed by atoms with Crippen LogP contribution >= 0.6 is 0 Å². The smallest absolute Gasteiger partial charge is 0.315 e. The summed E-state index contributed by atoms with van der Waals surface area (Å²) in [4.78, 5) is 14.3. The van der Waals surface area contributed by atoms with Gasteiger partial charge in [0.1, 0.15) is 5.75 Å². The Morgan fingerprint density at radius 3 is 2.75 bits per heavy atom. The number of rotatable bonds is 7. The van der Waals surface area contributed by atoms with Crippen LogP contribution in [0.5, 0.6) is 5.75 Å². The summed E-state index contributed by atoms with van der Waals surface area (Å²) in [5.74, 6) is 1.45. The van der Waals surface area contributed by atoms with E-state index in [-0.39, 0.29) is 12.1 Å². The number of methoxy groups -OCH3 is 1. The highest BCUT2D eigenvalue weighted by Crippen LogP contribution is 2.11. The van der Waals surface area contributed by atoms with E-state index < -0.39 is 0 Å². The van der Waals surface area contributed by atoms with Crippen molar-refractivity contribution in [2.75, 3.05) is 39.9 Å². The van der Waals surface area contributed by atoms with Gasteiger partial charge in [-0.15, -0.1) is 0 Å². The van der Waals surface area contributed by atoms with Gasteiger partial charge in [-0.3, -0.25) is 4.90 Å². The van der Waals surface area contributed by atoms with E-state index in [0.717, 1.165) is 37.6 Å². The number of urea groups is 1. The molecule has 0 saturated carbocycles. The molecule has 1 heterocycles. The Morgan fingerprint density at radius 1 is 1.33 bits per heavy atom. The van der Waals surface area contributed by atoms with Crippen molar-refractivity contribution in [3.05, 3.63) is 29.8 Å². The van der Waals surface area contributed by atoms with Crippen LogP contribution < -0.4 is 15.4 Å². The van der Waals surface area contributed by atoms with Crippen molar-refractivity contribution in [1.82, 2.24) is 15.5 Å². The summed E-state index contributed by atoms with van der Waals surface area (Å²) >= 11 is 0. The minimum Gasteiger partial charge on any atom is -0.497 e. The summed E-state index contributed by atoms with van der Waals surface area (Å²) < 4.78 is 10.8. The maximum atomic E-state index is 11.9. The number of morpholine rings is 1. The molecule has 1 atom stereocenters. The fourth-order valence-corrected chi connectivity index (χ4v) is 2.78. The monoisotopic (exact) mass is 335 g/mol. The summed E-state index contributed by atoms with van der Waals surface area (Å²) in [5.41, 5.74) is 1.03. The van der Waals surface area contributed by atoms with Crippen LogP contribution in [0.15, 0.2) is 24.3 Å². The molecule has 6 heteroatoms. The van der Waals surface area contributed by atoms with Crippen LogP contribution in [0, 0.1) is 5.92 Å². The molecule has 1 aliphatic heterocycles. The molecule has 1 fully saturated rings. The van der Waals surface area contributed by atoms with E-state index in [1.807, 2.05) is 24.3 Å². The highest BCUT2D eigenvalue weighted by Gasteiger charge is 2.21. The Hall–Kier alpha value is -1.79. The van der Waals surface area contributed by atoms with E-state index in [2.05, 4.69) is 29.4 Å². The van der Waals surface area contributed by atoms with Gasteiger partial charge in [-0.05, 0) is 23.6 Å². The average Bonchev–Trinajstić information content (AvgIpc) is 2.58. The third-order valence-electron chi connectivity index (χ3n) is 3.95. The molecular formula is C18H29N3O3. The van der Waals surface area contributed by atoms with Gasteiger partial charge in [0, 0.05) is 32.7 Å². The number of benzene rings is 1. The van der Waals surface area contributed by atoms with Crippen molar-refractivity contribution in [3.63, 3.8) is 0 Å². The zero-order valence-electron chi connectivity index (χ0n) is 14.9. The Morgan fingerprint density at radius 2 is 2.08 bits per heavy atom. The van der Waals surface area contributed by atoms with E-state index >= 15 is 0 Å². The molecule has 1 aromatic carbocycles. The molecule has 0 aliphatic carbocycles. The van der Waals surface area contributed by atoms with Crippen molar-refractivity contribution in [1.29, 1.82) is 0 Å². The molecule has 134 valence electrons. The number of amides is 2. The quantitative estimate of drug-likeness (QED) is 0.798. The van der Waals surface area contributed by atoms with Gasteiger partial charge >= 0.3 is 6.03 Å². The first-order chi connectivity index (χ1) is 11.6. The van der Waals surface area contributed by atoms with E-state index in [9.17, 15) is 4.79 Å². The van der Waals surface area contributed by atoms with Gasteiger partial charge in [0.25, 0.3) is 0 Å². The van der Waals surface area contributed by atoms with E-state index in [1.54, 1.807) is 7.11 Å². The number of nitrogens with one attached hydrogen (secondary N) is 2. The lowest BCUT2D eigenvalue weighted by Crippen LogP contribution is -2.49. The first-order valence-corrected chi connectivity index (χ1v) is 8.55. The highest BCUT2D eigenvalue weighted by molar-refractivity contribution is 5.73. The Bertz CT molecular complexity index is 505. The number of hydrogen-bond donors (Lipinski definition) is 2. The van der Waals surface area contributed by atoms with Crippen molar-refractivity contribution in [3.8, 4) is 5.75 Å².